The fourth-order valence-electron chi connectivity index (χ4n) is 3.73. The van der Waals surface area contributed by atoms with E-state index in [1.54, 1.807) is 6.33 Å². The Morgan fingerprint density at radius 1 is 1.08 bits per heavy atom. The molecule has 2 aliphatic carbocycles. The lowest BCUT2D eigenvalue weighted by Gasteiger charge is -2.20. The number of fused-ring (bicyclic) bond motifs is 1. The fourth-order valence-corrected chi connectivity index (χ4v) is 3.73. The summed E-state index contributed by atoms with van der Waals surface area (Å²) in [5.41, 5.74) is 5.19. The quantitative estimate of drug-likeness (QED) is 0.919. The van der Waals surface area contributed by atoms with E-state index in [9.17, 15) is 0 Å². The second kappa shape index (κ2) is 5.36. The largest absolute Gasteiger partial charge is 0.366 e. The minimum Gasteiger partial charge on any atom is -0.366 e. The first-order valence-corrected chi connectivity index (χ1v) is 8.88. The monoisotopic (exact) mass is 319 g/mol. The van der Waals surface area contributed by atoms with Crippen molar-refractivity contribution < 1.29 is 0 Å². The minimum atomic E-state index is 0.581. The van der Waals surface area contributed by atoms with Crippen molar-refractivity contribution in [3.63, 3.8) is 0 Å². The molecule has 0 unspecified atom stereocenters. The van der Waals surface area contributed by atoms with Crippen molar-refractivity contribution in [3.8, 4) is 0 Å². The number of pyridine rings is 1. The third kappa shape index (κ3) is 2.48. The Morgan fingerprint density at radius 2 is 1.88 bits per heavy atom. The number of hydrogen-bond donors (Lipinski definition) is 1. The molecule has 3 heterocycles. The Kier molecular flexibility index (Phi) is 3.15. The molecular formula is C19H21N5. The van der Waals surface area contributed by atoms with Gasteiger partial charge in [-0.05, 0) is 62.1 Å². The van der Waals surface area contributed by atoms with Gasteiger partial charge in [0.2, 0.25) is 0 Å². The number of anilines is 1. The Labute approximate surface area is 141 Å². The number of nitrogens with zero attached hydrogens (tertiary/aromatic N) is 4. The second-order valence-corrected chi connectivity index (χ2v) is 7.25. The van der Waals surface area contributed by atoms with E-state index in [-0.39, 0.29) is 0 Å². The lowest BCUT2D eigenvalue weighted by atomic mass is 10.0. The highest BCUT2D eigenvalue weighted by Crippen LogP contribution is 2.46. The molecule has 0 aromatic carbocycles. The van der Waals surface area contributed by atoms with Crippen molar-refractivity contribution in [1.29, 1.82) is 0 Å². The number of aryl methyl sites for hydroxylation is 1. The van der Waals surface area contributed by atoms with Crippen LogP contribution in [0, 0.1) is 18.8 Å². The average molecular weight is 319 g/mol. The van der Waals surface area contributed by atoms with E-state index in [1.807, 2.05) is 19.2 Å². The molecule has 24 heavy (non-hydrogen) atoms. The topological polar surface area (TPSA) is 63.1 Å². The van der Waals surface area contributed by atoms with E-state index >= 15 is 0 Å². The van der Waals surface area contributed by atoms with Gasteiger partial charge in [0.25, 0.3) is 0 Å². The van der Waals surface area contributed by atoms with E-state index in [0.717, 1.165) is 40.3 Å². The summed E-state index contributed by atoms with van der Waals surface area (Å²) in [6.45, 7) is 2.70. The molecule has 0 radical (unpaired) electrons. The molecule has 0 saturated heterocycles. The lowest BCUT2D eigenvalue weighted by molar-refractivity contribution is 0.565. The van der Waals surface area contributed by atoms with Crippen molar-refractivity contribution in [2.24, 2.45) is 16.8 Å². The maximum atomic E-state index is 4.75. The second-order valence-electron chi connectivity index (χ2n) is 7.25. The Morgan fingerprint density at radius 3 is 2.58 bits per heavy atom. The van der Waals surface area contributed by atoms with E-state index < -0.39 is 0 Å². The lowest BCUT2D eigenvalue weighted by Crippen LogP contribution is -2.26. The molecule has 5 heteroatoms. The van der Waals surface area contributed by atoms with Gasteiger partial charge in [-0.1, -0.05) is 0 Å². The predicted molar refractivity (Wildman–Crippen MR) is 93.2 cm³/mol. The maximum absolute atomic E-state index is 4.75. The van der Waals surface area contributed by atoms with Crippen LogP contribution in [-0.2, 0) is 6.54 Å². The van der Waals surface area contributed by atoms with Gasteiger partial charge in [-0.3, -0.25) is 4.99 Å². The van der Waals surface area contributed by atoms with Gasteiger partial charge in [-0.2, -0.15) is 0 Å². The first-order valence-electron chi connectivity index (χ1n) is 8.88. The van der Waals surface area contributed by atoms with Gasteiger partial charge in [-0.15, -0.1) is 0 Å². The van der Waals surface area contributed by atoms with Crippen molar-refractivity contribution in [2.45, 2.75) is 45.2 Å². The molecule has 2 aromatic rings. The van der Waals surface area contributed by atoms with Crippen LogP contribution < -0.4 is 5.32 Å². The molecule has 3 aliphatic rings. The summed E-state index contributed by atoms with van der Waals surface area (Å²) < 4.78 is 0. The zero-order chi connectivity index (χ0) is 16.1. The summed E-state index contributed by atoms with van der Waals surface area (Å²) in [7, 11) is 0. The van der Waals surface area contributed by atoms with Crippen LogP contribution in [-0.4, -0.2) is 26.7 Å². The first-order chi connectivity index (χ1) is 11.8. The third-order valence-corrected chi connectivity index (χ3v) is 5.29. The van der Waals surface area contributed by atoms with Crippen LogP contribution in [0.3, 0.4) is 0 Å². The zero-order valence-electron chi connectivity index (χ0n) is 13.9. The van der Waals surface area contributed by atoms with Crippen LogP contribution in [0.5, 0.6) is 0 Å². The molecule has 5 nitrogen and oxygen atoms in total. The van der Waals surface area contributed by atoms with E-state index in [0.29, 0.717) is 12.6 Å². The molecule has 0 spiro atoms. The summed E-state index contributed by atoms with van der Waals surface area (Å²) in [4.78, 5) is 18.1. The minimum absolute atomic E-state index is 0.581. The average Bonchev–Trinajstić information content (AvgIpc) is 3.50. The number of rotatable bonds is 5. The van der Waals surface area contributed by atoms with Crippen LogP contribution in [0.25, 0.3) is 0 Å². The van der Waals surface area contributed by atoms with Gasteiger partial charge in [0.15, 0.2) is 0 Å². The molecule has 2 saturated carbocycles. The molecule has 5 rings (SSSR count). The summed E-state index contributed by atoms with van der Waals surface area (Å²) in [5, 5.41) is 3.78. The van der Waals surface area contributed by atoms with Gasteiger partial charge >= 0.3 is 0 Å². The number of hydrogen-bond acceptors (Lipinski definition) is 5. The van der Waals surface area contributed by atoms with Crippen molar-refractivity contribution in [1.82, 2.24) is 15.0 Å². The molecular weight excluding hydrogens is 298 g/mol. The Hall–Kier alpha value is -2.30. The standard InChI is InChI=1S/C19H21N5/c1-11-8-15(23-10-22-11)18-16-14(9-21-18)6-7-20-19(16)24-17(12-2-3-12)13-4-5-13/h6-8,10,12-13,17H,2-5,9H2,1H3,(H,20,24). The van der Waals surface area contributed by atoms with E-state index in [4.69, 9.17) is 4.99 Å². The number of aliphatic imine (C=N–C) groups is 1. The smallest absolute Gasteiger partial charge is 0.136 e. The fraction of sp³-hybridized carbons (Fsp3) is 0.474. The first kappa shape index (κ1) is 14.1. The van der Waals surface area contributed by atoms with Crippen LogP contribution in [0.4, 0.5) is 5.82 Å². The van der Waals surface area contributed by atoms with Crippen molar-refractivity contribution in [2.75, 3.05) is 5.32 Å². The molecule has 2 fully saturated rings. The molecule has 0 bridgehead atoms. The summed E-state index contributed by atoms with van der Waals surface area (Å²) >= 11 is 0. The Balaban J connectivity index is 1.52. The van der Waals surface area contributed by atoms with Crippen LogP contribution in [0.2, 0.25) is 0 Å². The zero-order valence-corrected chi connectivity index (χ0v) is 13.9. The van der Waals surface area contributed by atoms with Crippen molar-refractivity contribution >= 4 is 11.5 Å². The van der Waals surface area contributed by atoms with Gasteiger partial charge in [0, 0.05) is 23.5 Å². The Bertz CT molecular complexity index is 808. The van der Waals surface area contributed by atoms with E-state index in [2.05, 4.69) is 26.3 Å². The number of nitrogens with one attached hydrogen (secondary N) is 1. The van der Waals surface area contributed by atoms with Gasteiger partial charge < -0.3 is 5.32 Å². The molecule has 0 atom stereocenters. The molecule has 1 aliphatic heterocycles. The van der Waals surface area contributed by atoms with Crippen LogP contribution >= 0.6 is 0 Å². The van der Waals surface area contributed by atoms with E-state index in [1.165, 1.54) is 31.2 Å². The highest BCUT2D eigenvalue weighted by molar-refractivity contribution is 6.16. The third-order valence-electron chi connectivity index (χ3n) is 5.29. The molecule has 2 aromatic heterocycles. The van der Waals surface area contributed by atoms with Gasteiger partial charge in [0.1, 0.15) is 12.1 Å². The van der Waals surface area contributed by atoms with Crippen LogP contribution in [0.15, 0.2) is 29.6 Å². The molecule has 0 amide bonds. The predicted octanol–water partition coefficient (Wildman–Crippen LogP) is 3.13. The summed E-state index contributed by atoms with van der Waals surface area (Å²) in [6, 6.07) is 4.66. The summed E-state index contributed by atoms with van der Waals surface area (Å²) in [6.07, 6.45) is 8.95. The van der Waals surface area contributed by atoms with Gasteiger partial charge in [-0.25, -0.2) is 15.0 Å². The highest BCUT2D eigenvalue weighted by Gasteiger charge is 2.42. The normalized spacial score (nSPS) is 19.3. The van der Waals surface area contributed by atoms with Crippen LogP contribution in [0.1, 0.15) is 48.2 Å². The molecule has 1 N–H and O–H groups in total. The summed E-state index contributed by atoms with van der Waals surface area (Å²) in [5.74, 6) is 2.65. The number of aromatic nitrogens is 3. The maximum Gasteiger partial charge on any atom is 0.136 e. The van der Waals surface area contributed by atoms with Gasteiger partial charge in [0.05, 0.1) is 18.0 Å². The molecule has 122 valence electrons. The highest BCUT2D eigenvalue weighted by atomic mass is 15.0. The van der Waals surface area contributed by atoms with Crippen molar-refractivity contribution in [3.05, 3.63) is 47.2 Å². The SMILES string of the molecule is Cc1cc(C2=NCc3ccnc(NC(C4CC4)C4CC4)c32)ncn1.